The minimum atomic E-state index is -0.422. The summed E-state index contributed by atoms with van der Waals surface area (Å²) in [5, 5.41) is 7.07. The minimum Gasteiger partial charge on any atom is -0.497 e. The monoisotopic (exact) mass is 481 g/mol. The summed E-state index contributed by atoms with van der Waals surface area (Å²) in [5.74, 6) is 1.02. The molecule has 3 aromatic carbocycles. The van der Waals surface area contributed by atoms with Gasteiger partial charge < -0.3 is 14.5 Å². The first-order valence-corrected chi connectivity index (χ1v) is 11.7. The van der Waals surface area contributed by atoms with E-state index < -0.39 is 6.04 Å². The van der Waals surface area contributed by atoms with Crippen molar-refractivity contribution >= 4 is 22.5 Å². The quantitative estimate of drug-likeness (QED) is 0.424. The lowest BCUT2D eigenvalue weighted by atomic mass is 9.90. The van der Waals surface area contributed by atoms with Gasteiger partial charge in [0.05, 0.1) is 31.5 Å². The van der Waals surface area contributed by atoms with Crippen molar-refractivity contribution in [3.05, 3.63) is 93.8 Å². The molecule has 36 heavy (non-hydrogen) atoms. The van der Waals surface area contributed by atoms with E-state index in [9.17, 15) is 9.59 Å². The van der Waals surface area contributed by atoms with Gasteiger partial charge in [0, 0.05) is 41.4 Å². The molecule has 0 fully saturated rings. The van der Waals surface area contributed by atoms with Crippen LogP contribution in [0.4, 0.5) is 0 Å². The van der Waals surface area contributed by atoms with Crippen LogP contribution < -0.4 is 15.0 Å². The Morgan fingerprint density at radius 3 is 2.47 bits per heavy atom. The molecule has 2 heterocycles. The number of hydrogen-bond donors (Lipinski definition) is 1. The van der Waals surface area contributed by atoms with E-state index in [1.807, 2.05) is 61.5 Å². The predicted octanol–water partition coefficient (Wildman–Crippen LogP) is 5.22. The molecule has 7 nitrogen and oxygen atoms in total. The first kappa shape index (κ1) is 23.4. The number of benzene rings is 3. The Hall–Kier alpha value is -4.39. The van der Waals surface area contributed by atoms with Gasteiger partial charge in [0.15, 0.2) is 0 Å². The molecule has 1 atom stereocenters. The molecule has 1 aliphatic heterocycles. The molecule has 182 valence electrons. The lowest BCUT2D eigenvalue weighted by Crippen LogP contribution is -2.24. The summed E-state index contributed by atoms with van der Waals surface area (Å²) in [5.41, 5.74) is 5.13. The normalized spacial score (nSPS) is 15.2. The standard InChI is InChI=1S/C29H27N3O4/c1-17-10-13-23-22(14-17)27(19-8-6-5-7-9-19)28(29(34)30-23)24-16-25(32(31-24)18(2)33)21-12-11-20(35-3)15-26(21)36-4/h5-15,25H,16H2,1-4H3,(H,30,34)/t25-/m1/s1. The molecule has 1 N–H and O–H groups in total. The van der Waals surface area contributed by atoms with Crippen LogP contribution in [0.15, 0.2) is 76.6 Å². The number of hydrogen-bond acceptors (Lipinski definition) is 5. The van der Waals surface area contributed by atoms with E-state index in [1.54, 1.807) is 20.3 Å². The number of hydrazone groups is 1. The maximum absolute atomic E-state index is 13.5. The highest BCUT2D eigenvalue weighted by Gasteiger charge is 2.35. The number of fused-ring (bicyclic) bond motifs is 1. The molecule has 0 unspecified atom stereocenters. The van der Waals surface area contributed by atoms with Gasteiger partial charge in [-0.15, -0.1) is 0 Å². The van der Waals surface area contributed by atoms with Gasteiger partial charge in [-0.05, 0) is 36.8 Å². The van der Waals surface area contributed by atoms with Gasteiger partial charge >= 0.3 is 0 Å². The first-order chi connectivity index (χ1) is 17.4. The van der Waals surface area contributed by atoms with E-state index in [4.69, 9.17) is 14.6 Å². The van der Waals surface area contributed by atoms with Gasteiger partial charge in [0.2, 0.25) is 5.91 Å². The average molecular weight is 482 g/mol. The second-order valence-corrected chi connectivity index (χ2v) is 8.86. The van der Waals surface area contributed by atoms with Crippen molar-refractivity contribution in [1.29, 1.82) is 0 Å². The molecule has 0 saturated carbocycles. The van der Waals surface area contributed by atoms with E-state index in [2.05, 4.69) is 11.1 Å². The fraction of sp³-hybridized carbons (Fsp3) is 0.207. The maximum Gasteiger partial charge on any atom is 0.258 e. The van der Waals surface area contributed by atoms with Gasteiger partial charge in [0.1, 0.15) is 11.5 Å². The van der Waals surface area contributed by atoms with Crippen LogP contribution in [0.3, 0.4) is 0 Å². The molecule has 7 heteroatoms. The number of carbonyl (C=O) groups is 1. The molecule has 0 spiro atoms. The number of ether oxygens (including phenoxy) is 2. The zero-order valence-electron chi connectivity index (χ0n) is 20.7. The molecule has 1 aliphatic rings. The van der Waals surface area contributed by atoms with Crippen LogP contribution in [0.2, 0.25) is 0 Å². The third-order valence-corrected chi connectivity index (χ3v) is 6.55. The fourth-order valence-corrected chi connectivity index (χ4v) is 4.87. The Morgan fingerprint density at radius 1 is 1.00 bits per heavy atom. The van der Waals surface area contributed by atoms with Gasteiger partial charge in [-0.3, -0.25) is 9.59 Å². The molecule has 0 aliphatic carbocycles. The number of aromatic nitrogens is 1. The number of nitrogens with zero attached hydrogens (tertiary/aromatic N) is 2. The highest BCUT2D eigenvalue weighted by atomic mass is 16.5. The molecule has 1 aromatic heterocycles. The van der Waals surface area contributed by atoms with Crippen LogP contribution >= 0.6 is 0 Å². The molecule has 1 amide bonds. The Morgan fingerprint density at radius 2 is 1.78 bits per heavy atom. The number of nitrogens with one attached hydrogen (secondary N) is 1. The smallest absolute Gasteiger partial charge is 0.258 e. The van der Waals surface area contributed by atoms with Crippen molar-refractivity contribution in [3.8, 4) is 22.6 Å². The van der Waals surface area contributed by atoms with Crippen LogP contribution in [-0.4, -0.2) is 35.8 Å². The molecule has 0 bridgehead atoms. The number of aryl methyl sites for hydroxylation is 1. The van der Waals surface area contributed by atoms with Crippen molar-refractivity contribution in [3.63, 3.8) is 0 Å². The number of rotatable bonds is 5. The van der Waals surface area contributed by atoms with E-state index in [0.717, 1.165) is 33.2 Å². The van der Waals surface area contributed by atoms with Crippen molar-refractivity contribution in [1.82, 2.24) is 9.99 Å². The van der Waals surface area contributed by atoms with Crippen molar-refractivity contribution in [2.24, 2.45) is 5.10 Å². The zero-order valence-corrected chi connectivity index (χ0v) is 20.7. The number of aromatic amines is 1. The number of H-pyrrole nitrogens is 1. The summed E-state index contributed by atoms with van der Waals surface area (Å²) < 4.78 is 11.0. The van der Waals surface area contributed by atoms with E-state index in [-0.39, 0.29) is 11.5 Å². The van der Waals surface area contributed by atoms with Crippen molar-refractivity contribution < 1.29 is 14.3 Å². The summed E-state index contributed by atoms with van der Waals surface area (Å²) >= 11 is 0. The number of carbonyl (C=O) groups excluding carboxylic acids is 1. The second-order valence-electron chi connectivity index (χ2n) is 8.86. The zero-order chi connectivity index (χ0) is 25.4. The third kappa shape index (κ3) is 4.02. The molecule has 0 saturated heterocycles. The predicted molar refractivity (Wildman–Crippen MR) is 141 cm³/mol. The van der Waals surface area contributed by atoms with Crippen molar-refractivity contribution in [2.45, 2.75) is 26.3 Å². The molecular formula is C29H27N3O4. The SMILES string of the molecule is COc1ccc([C@H]2CC(c3c(-c4ccccc4)c4cc(C)ccc4[nH]c3=O)=NN2C(C)=O)c(OC)c1. The molecule has 5 rings (SSSR count). The average Bonchev–Trinajstić information content (AvgIpc) is 3.33. The van der Waals surface area contributed by atoms with Gasteiger partial charge in [-0.2, -0.15) is 5.10 Å². The number of pyridine rings is 1. The third-order valence-electron chi connectivity index (χ3n) is 6.55. The fourth-order valence-electron chi connectivity index (χ4n) is 4.87. The van der Waals surface area contributed by atoms with Crippen LogP contribution in [0.25, 0.3) is 22.0 Å². The van der Waals surface area contributed by atoms with Crippen LogP contribution in [0.5, 0.6) is 11.5 Å². The number of methoxy groups -OCH3 is 2. The Kier molecular flexibility index (Phi) is 6.06. The van der Waals surface area contributed by atoms with E-state index in [0.29, 0.717) is 29.2 Å². The molecule has 4 aromatic rings. The summed E-state index contributed by atoms with van der Waals surface area (Å²) in [6, 6.07) is 20.9. The lowest BCUT2D eigenvalue weighted by Gasteiger charge is -2.22. The van der Waals surface area contributed by atoms with Gasteiger partial charge in [-0.1, -0.05) is 42.0 Å². The molecule has 0 radical (unpaired) electrons. The Bertz CT molecular complexity index is 1560. The van der Waals surface area contributed by atoms with Gasteiger partial charge in [0.25, 0.3) is 5.56 Å². The largest absolute Gasteiger partial charge is 0.497 e. The van der Waals surface area contributed by atoms with Crippen LogP contribution in [0.1, 0.15) is 36.1 Å². The van der Waals surface area contributed by atoms with Crippen LogP contribution in [0, 0.1) is 6.92 Å². The summed E-state index contributed by atoms with van der Waals surface area (Å²) in [6.07, 6.45) is 0.364. The Labute approximate surface area is 209 Å². The maximum atomic E-state index is 13.5. The second kappa shape index (κ2) is 9.34. The highest BCUT2D eigenvalue weighted by molar-refractivity contribution is 6.13. The first-order valence-electron chi connectivity index (χ1n) is 11.7. The Balaban J connectivity index is 1.72. The summed E-state index contributed by atoms with van der Waals surface area (Å²) in [6.45, 7) is 3.50. The lowest BCUT2D eigenvalue weighted by molar-refractivity contribution is -0.130. The van der Waals surface area contributed by atoms with E-state index in [1.165, 1.54) is 11.9 Å². The molecular weight excluding hydrogens is 454 g/mol. The van der Waals surface area contributed by atoms with Gasteiger partial charge in [-0.25, -0.2) is 5.01 Å². The van der Waals surface area contributed by atoms with E-state index >= 15 is 0 Å². The number of amides is 1. The summed E-state index contributed by atoms with van der Waals surface area (Å²) in [7, 11) is 3.17. The van der Waals surface area contributed by atoms with Crippen molar-refractivity contribution in [2.75, 3.05) is 14.2 Å². The highest BCUT2D eigenvalue weighted by Crippen LogP contribution is 2.40. The minimum absolute atomic E-state index is 0.220. The summed E-state index contributed by atoms with van der Waals surface area (Å²) in [4.78, 5) is 29.3. The van der Waals surface area contributed by atoms with Crippen LogP contribution in [-0.2, 0) is 4.79 Å². The topological polar surface area (TPSA) is 84.0 Å².